The monoisotopic (exact) mass is 506 g/mol. The van der Waals surface area contributed by atoms with Crippen LogP contribution >= 0.6 is 0 Å². The second kappa shape index (κ2) is 9.84. The molecule has 2 atom stereocenters. The molecule has 2 aromatic carbocycles. The normalized spacial score (nSPS) is 23.7. The van der Waals surface area contributed by atoms with Crippen LogP contribution in [0.5, 0.6) is 23.0 Å². The molecule has 0 aromatic heterocycles. The summed E-state index contributed by atoms with van der Waals surface area (Å²) >= 11 is 0. The van der Waals surface area contributed by atoms with Crippen LogP contribution in [0.25, 0.3) is 0 Å². The smallest absolute Gasteiger partial charge is 0.308 e. The molecule has 7 heteroatoms. The lowest BCUT2D eigenvalue weighted by molar-refractivity contribution is -0.133. The van der Waals surface area contributed by atoms with E-state index in [1.165, 1.54) is 32.8 Å². The van der Waals surface area contributed by atoms with Crippen LogP contribution in [0.15, 0.2) is 36.4 Å². The zero-order valence-corrected chi connectivity index (χ0v) is 21.8. The zero-order chi connectivity index (χ0) is 26.2. The standard InChI is InChI=1S/C30H34O7/c1-19(31)34-22-11-13-25(26(17-22)36-21(3)33)30-16-8-5-9-28(30)29(14-6-4-7-15-29)24-12-10-23(35-20(2)32)18-27(24)37-30/h10-13,17-18,28H,4-9,14-16H2,1-3H3/t28-,30+/m0/s1. The van der Waals surface area contributed by atoms with E-state index >= 15 is 0 Å². The second-order valence-electron chi connectivity index (χ2n) is 10.6. The van der Waals surface area contributed by atoms with Crippen LogP contribution in [0.2, 0.25) is 0 Å². The molecule has 2 fully saturated rings. The molecule has 196 valence electrons. The number of ether oxygens (including phenoxy) is 4. The highest BCUT2D eigenvalue weighted by Gasteiger charge is 2.60. The molecule has 0 amide bonds. The Bertz CT molecular complexity index is 1230. The van der Waals surface area contributed by atoms with Gasteiger partial charge in [-0.2, -0.15) is 0 Å². The number of benzene rings is 2. The quantitative estimate of drug-likeness (QED) is 0.363. The Morgan fingerprint density at radius 3 is 1.97 bits per heavy atom. The molecule has 2 aromatic rings. The average molecular weight is 507 g/mol. The maximum absolute atomic E-state index is 12.2. The van der Waals surface area contributed by atoms with Crippen molar-refractivity contribution in [3.63, 3.8) is 0 Å². The number of esters is 3. The molecule has 0 saturated heterocycles. The third kappa shape index (κ3) is 4.60. The number of carbonyl (C=O) groups is 3. The summed E-state index contributed by atoms with van der Waals surface area (Å²) in [6.45, 7) is 4.09. The van der Waals surface area contributed by atoms with Gasteiger partial charge >= 0.3 is 17.9 Å². The largest absolute Gasteiger partial charge is 0.482 e. The molecule has 37 heavy (non-hydrogen) atoms. The van der Waals surface area contributed by atoms with Crippen LogP contribution in [0.1, 0.15) is 89.7 Å². The van der Waals surface area contributed by atoms with Gasteiger partial charge in [0.1, 0.15) is 28.6 Å². The SMILES string of the molecule is CC(=O)Oc1ccc2c(c1)O[C@@]1(c3ccc(OC(C)=O)cc3OC(C)=O)CCCC[C@H]1C21CCCCC1. The number of hydrogen-bond acceptors (Lipinski definition) is 7. The molecular weight excluding hydrogens is 472 g/mol. The van der Waals surface area contributed by atoms with Crippen LogP contribution in [-0.4, -0.2) is 17.9 Å². The maximum atomic E-state index is 12.2. The first-order valence-corrected chi connectivity index (χ1v) is 13.3. The Hall–Kier alpha value is -3.35. The first-order valence-electron chi connectivity index (χ1n) is 13.3. The van der Waals surface area contributed by atoms with Crippen molar-refractivity contribution in [2.45, 2.75) is 89.6 Å². The van der Waals surface area contributed by atoms with Crippen molar-refractivity contribution in [1.82, 2.24) is 0 Å². The first kappa shape index (κ1) is 25.3. The minimum absolute atomic E-state index is 0.0942. The Morgan fingerprint density at radius 2 is 1.32 bits per heavy atom. The van der Waals surface area contributed by atoms with Crippen LogP contribution in [0.4, 0.5) is 0 Å². The van der Waals surface area contributed by atoms with Crippen LogP contribution in [0.3, 0.4) is 0 Å². The van der Waals surface area contributed by atoms with Gasteiger partial charge in [0, 0.05) is 55.4 Å². The van der Waals surface area contributed by atoms with E-state index < -0.39 is 17.5 Å². The Morgan fingerprint density at radius 1 is 0.730 bits per heavy atom. The van der Waals surface area contributed by atoms with Gasteiger partial charge in [0.25, 0.3) is 0 Å². The van der Waals surface area contributed by atoms with E-state index in [9.17, 15) is 14.4 Å². The fourth-order valence-electron chi connectivity index (χ4n) is 7.10. The van der Waals surface area contributed by atoms with Gasteiger partial charge in [0.05, 0.1) is 0 Å². The van der Waals surface area contributed by atoms with Crippen molar-refractivity contribution in [2.75, 3.05) is 0 Å². The lowest BCUT2D eigenvalue weighted by Crippen LogP contribution is -2.57. The molecule has 0 radical (unpaired) electrons. The van der Waals surface area contributed by atoms with Gasteiger partial charge in [0.2, 0.25) is 0 Å². The average Bonchev–Trinajstić information content (AvgIpc) is 2.83. The van der Waals surface area contributed by atoms with Gasteiger partial charge in [-0.15, -0.1) is 0 Å². The number of carbonyl (C=O) groups excluding carboxylic acids is 3. The van der Waals surface area contributed by atoms with Gasteiger partial charge in [-0.05, 0) is 50.3 Å². The maximum Gasteiger partial charge on any atom is 0.308 e. The van der Waals surface area contributed by atoms with E-state index in [4.69, 9.17) is 18.9 Å². The molecule has 5 rings (SSSR count). The summed E-state index contributed by atoms with van der Waals surface area (Å²) in [4.78, 5) is 35.5. The molecule has 3 aliphatic rings. The van der Waals surface area contributed by atoms with Crippen molar-refractivity contribution in [1.29, 1.82) is 0 Å². The lowest BCUT2D eigenvalue weighted by atomic mass is 9.51. The molecule has 2 saturated carbocycles. The van der Waals surface area contributed by atoms with E-state index in [0.717, 1.165) is 62.7 Å². The summed E-state index contributed by atoms with van der Waals surface area (Å²) in [5.74, 6) is 0.730. The molecule has 7 nitrogen and oxygen atoms in total. The summed E-state index contributed by atoms with van der Waals surface area (Å²) in [6, 6.07) is 11.0. The third-order valence-corrected chi connectivity index (χ3v) is 8.23. The van der Waals surface area contributed by atoms with Crippen LogP contribution < -0.4 is 18.9 Å². The van der Waals surface area contributed by atoms with E-state index in [-0.39, 0.29) is 17.3 Å². The zero-order valence-electron chi connectivity index (χ0n) is 21.8. The highest BCUT2D eigenvalue weighted by molar-refractivity contribution is 5.72. The molecule has 1 spiro atoms. The van der Waals surface area contributed by atoms with Gasteiger partial charge in [-0.1, -0.05) is 31.7 Å². The van der Waals surface area contributed by atoms with Crippen molar-refractivity contribution >= 4 is 17.9 Å². The lowest BCUT2D eigenvalue weighted by Gasteiger charge is -2.58. The van der Waals surface area contributed by atoms with Crippen molar-refractivity contribution < 1.29 is 33.3 Å². The van der Waals surface area contributed by atoms with Crippen LogP contribution in [-0.2, 0) is 25.4 Å². The van der Waals surface area contributed by atoms with Gasteiger partial charge in [-0.25, -0.2) is 0 Å². The van der Waals surface area contributed by atoms with Gasteiger partial charge in [0.15, 0.2) is 0 Å². The third-order valence-electron chi connectivity index (χ3n) is 8.23. The summed E-state index contributed by atoms with van der Waals surface area (Å²) in [7, 11) is 0. The van der Waals surface area contributed by atoms with Crippen molar-refractivity contribution in [2.24, 2.45) is 5.92 Å². The van der Waals surface area contributed by atoms with Gasteiger partial charge < -0.3 is 18.9 Å². The summed E-state index contributed by atoms with van der Waals surface area (Å²) in [6.07, 6.45) is 9.42. The number of rotatable bonds is 4. The second-order valence-corrected chi connectivity index (χ2v) is 10.6. The molecular formula is C30H34O7. The van der Waals surface area contributed by atoms with Crippen LogP contribution in [0, 0.1) is 5.92 Å². The molecule has 1 heterocycles. The Labute approximate surface area is 217 Å². The number of fused-ring (bicyclic) bond motifs is 4. The minimum atomic E-state index is -0.739. The molecule has 0 unspecified atom stereocenters. The first-order chi connectivity index (χ1) is 17.7. The van der Waals surface area contributed by atoms with E-state index in [1.54, 1.807) is 12.1 Å². The molecule has 1 aliphatic heterocycles. The van der Waals surface area contributed by atoms with E-state index in [0.29, 0.717) is 17.2 Å². The van der Waals surface area contributed by atoms with Crippen molar-refractivity contribution in [3.05, 3.63) is 47.5 Å². The summed E-state index contributed by atoms with van der Waals surface area (Å²) < 4.78 is 23.5. The van der Waals surface area contributed by atoms with Gasteiger partial charge in [-0.3, -0.25) is 14.4 Å². The summed E-state index contributed by atoms with van der Waals surface area (Å²) in [5.41, 5.74) is 1.13. The number of hydrogen-bond donors (Lipinski definition) is 0. The summed E-state index contributed by atoms with van der Waals surface area (Å²) in [5, 5.41) is 0. The molecule has 0 N–H and O–H groups in total. The Kier molecular flexibility index (Phi) is 6.73. The fraction of sp³-hybridized carbons (Fsp3) is 0.500. The van der Waals surface area contributed by atoms with Crippen molar-refractivity contribution in [3.8, 4) is 23.0 Å². The fourth-order valence-corrected chi connectivity index (χ4v) is 7.10. The minimum Gasteiger partial charge on any atom is -0.482 e. The van der Waals surface area contributed by atoms with E-state index in [1.807, 2.05) is 18.2 Å². The molecule has 0 bridgehead atoms. The predicted octanol–water partition coefficient (Wildman–Crippen LogP) is 6.14. The topological polar surface area (TPSA) is 88.1 Å². The predicted molar refractivity (Wildman–Crippen MR) is 136 cm³/mol. The highest BCUT2D eigenvalue weighted by Crippen LogP contribution is 2.64. The Balaban J connectivity index is 1.71. The highest BCUT2D eigenvalue weighted by atomic mass is 16.6. The molecule has 2 aliphatic carbocycles. The van der Waals surface area contributed by atoms with E-state index in [2.05, 4.69) is 6.07 Å².